The lowest BCUT2D eigenvalue weighted by Gasteiger charge is -2.17. The number of nitrogens with two attached hydrogens (primary N) is 1. The first-order valence-electron chi connectivity index (χ1n) is 6.67. The van der Waals surface area contributed by atoms with Crippen molar-refractivity contribution in [2.24, 2.45) is 5.84 Å². The number of benzene rings is 1. The van der Waals surface area contributed by atoms with Crippen molar-refractivity contribution >= 4 is 0 Å². The van der Waals surface area contributed by atoms with E-state index in [-0.39, 0.29) is 6.04 Å². The highest BCUT2D eigenvalue weighted by atomic mass is 16.5. The fraction of sp³-hybridized carbons (Fsp3) is 0.429. The number of ether oxygens (including phenoxy) is 1. The molecule has 0 fully saturated rings. The Morgan fingerprint density at radius 1 is 1.45 bits per heavy atom. The number of nitrogens with zero attached hydrogens (tertiary/aromatic N) is 3. The average Bonchev–Trinajstić information content (AvgIpc) is 2.92. The number of nitrogens with one attached hydrogen (secondary N) is 1. The Hall–Kier alpha value is -1.92. The van der Waals surface area contributed by atoms with Gasteiger partial charge in [0.05, 0.1) is 13.2 Å². The van der Waals surface area contributed by atoms with Gasteiger partial charge in [0.2, 0.25) is 0 Å². The van der Waals surface area contributed by atoms with Crippen molar-refractivity contribution < 1.29 is 4.74 Å². The molecular formula is C14H21N5O. The smallest absolute Gasteiger partial charge is 0.138 e. The summed E-state index contributed by atoms with van der Waals surface area (Å²) in [5.41, 5.74) is 5.01. The van der Waals surface area contributed by atoms with Gasteiger partial charge in [0, 0.05) is 13.0 Å². The summed E-state index contributed by atoms with van der Waals surface area (Å²) in [6, 6.07) is 6.06. The second kappa shape index (κ2) is 6.49. The summed E-state index contributed by atoms with van der Waals surface area (Å²) in [7, 11) is 1.67. The van der Waals surface area contributed by atoms with Gasteiger partial charge < -0.3 is 4.74 Å². The van der Waals surface area contributed by atoms with Crippen LogP contribution in [0.3, 0.4) is 0 Å². The van der Waals surface area contributed by atoms with E-state index in [4.69, 9.17) is 10.6 Å². The fourth-order valence-electron chi connectivity index (χ4n) is 2.22. The maximum atomic E-state index is 5.69. The molecule has 0 aliphatic carbocycles. The van der Waals surface area contributed by atoms with Crippen molar-refractivity contribution in [1.29, 1.82) is 0 Å². The number of hydrazine groups is 1. The van der Waals surface area contributed by atoms with E-state index in [1.165, 1.54) is 0 Å². The Labute approximate surface area is 118 Å². The van der Waals surface area contributed by atoms with Crippen molar-refractivity contribution in [2.75, 3.05) is 7.11 Å². The molecule has 1 aromatic carbocycles. The molecule has 0 amide bonds. The molecule has 2 aromatic rings. The van der Waals surface area contributed by atoms with Crippen LogP contribution in [0.1, 0.15) is 29.9 Å². The van der Waals surface area contributed by atoms with Crippen LogP contribution in [0.4, 0.5) is 0 Å². The zero-order valence-corrected chi connectivity index (χ0v) is 12.1. The van der Waals surface area contributed by atoms with E-state index in [0.29, 0.717) is 6.42 Å². The minimum Gasteiger partial charge on any atom is -0.496 e. The van der Waals surface area contributed by atoms with Crippen LogP contribution in [0.25, 0.3) is 0 Å². The van der Waals surface area contributed by atoms with Gasteiger partial charge in [0.25, 0.3) is 0 Å². The molecule has 2 rings (SSSR count). The highest BCUT2D eigenvalue weighted by molar-refractivity contribution is 5.38. The minimum atomic E-state index is -0.0287. The SMILES string of the molecule is CCn1ncnc1CC(NN)c1ccc(C)c(OC)c1. The molecule has 6 nitrogen and oxygen atoms in total. The first-order valence-corrected chi connectivity index (χ1v) is 6.67. The van der Waals surface area contributed by atoms with Crippen LogP contribution in [0, 0.1) is 6.92 Å². The third-order valence-electron chi connectivity index (χ3n) is 3.42. The van der Waals surface area contributed by atoms with Gasteiger partial charge in [-0.05, 0) is 31.0 Å². The predicted molar refractivity (Wildman–Crippen MR) is 77.2 cm³/mol. The van der Waals surface area contributed by atoms with Crippen LogP contribution < -0.4 is 16.0 Å². The van der Waals surface area contributed by atoms with Crippen LogP contribution in [0.15, 0.2) is 24.5 Å². The molecule has 0 spiro atoms. The van der Waals surface area contributed by atoms with Gasteiger partial charge in [0.1, 0.15) is 17.9 Å². The number of aromatic nitrogens is 3. The minimum absolute atomic E-state index is 0.0287. The van der Waals surface area contributed by atoms with E-state index < -0.39 is 0 Å². The first-order chi connectivity index (χ1) is 9.69. The lowest BCUT2D eigenvalue weighted by Crippen LogP contribution is -2.30. The van der Waals surface area contributed by atoms with Gasteiger partial charge in [-0.15, -0.1) is 0 Å². The molecule has 0 aliphatic rings. The average molecular weight is 275 g/mol. The van der Waals surface area contributed by atoms with Crippen molar-refractivity contribution in [3.05, 3.63) is 41.5 Å². The normalized spacial score (nSPS) is 12.4. The second-order valence-corrected chi connectivity index (χ2v) is 4.64. The van der Waals surface area contributed by atoms with E-state index in [9.17, 15) is 0 Å². The van der Waals surface area contributed by atoms with Gasteiger partial charge in [-0.25, -0.2) is 4.98 Å². The Balaban J connectivity index is 2.24. The molecular weight excluding hydrogens is 254 g/mol. The lowest BCUT2D eigenvalue weighted by atomic mass is 10.0. The molecule has 0 saturated heterocycles. The third-order valence-corrected chi connectivity index (χ3v) is 3.42. The summed E-state index contributed by atoms with van der Waals surface area (Å²) in [4.78, 5) is 4.29. The Morgan fingerprint density at radius 3 is 2.90 bits per heavy atom. The van der Waals surface area contributed by atoms with Crippen LogP contribution >= 0.6 is 0 Å². The second-order valence-electron chi connectivity index (χ2n) is 4.64. The van der Waals surface area contributed by atoms with E-state index in [1.54, 1.807) is 13.4 Å². The van der Waals surface area contributed by atoms with E-state index in [2.05, 4.69) is 21.6 Å². The fourth-order valence-corrected chi connectivity index (χ4v) is 2.22. The third kappa shape index (κ3) is 2.97. The number of methoxy groups -OCH3 is 1. The molecule has 1 heterocycles. The Kier molecular flexibility index (Phi) is 4.70. The largest absolute Gasteiger partial charge is 0.496 e. The first kappa shape index (κ1) is 14.5. The number of aryl methyl sites for hydroxylation is 2. The maximum Gasteiger partial charge on any atom is 0.138 e. The molecule has 6 heteroatoms. The van der Waals surface area contributed by atoms with Crippen LogP contribution in [-0.4, -0.2) is 21.9 Å². The Morgan fingerprint density at radius 2 is 2.25 bits per heavy atom. The predicted octanol–water partition coefficient (Wildman–Crippen LogP) is 1.36. The maximum absolute atomic E-state index is 5.69. The summed E-state index contributed by atoms with van der Waals surface area (Å²) in [5, 5.41) is 4.18. The van der Waals surface area contributed by atoms with Gasteiger partial charge in [-0.3, -0.25) is 16.0 Å². The van der Waals surface area contributed by atoms with Crippen LogP contribution in [-0.2, 0) is 13.0 Å². The molecule has 108 valence electrons. The summed E-state index contributed by atoms with van der Waals surface area (Å²) in [6.45, 7) is 4.85. The van der Waals surface area contributed by atoms with E-state index in [0.717, 1.165) is 29.2 Å². The number of hydrogen-bond donors (Lipinski definition) is 2. The van der Waals surface area contributed by atoms with E-state index in [1.807, 2.05) is 30.7 Å². The zero-order valence-electron chi connectivity index (χ0n) is 12.1. The zero-order chi connectivity index (χ0) is 14.5. The molecule has 0 aliphatic heterocycles. The highest BCUT2D eigenvalue weighted by Crippen LogP contribution is 2.24. The highest BCUT2D eigenvalue weighted by Gasteiger charge is 2.15. The molecule has 0 bridgehead atoms. The summed E-state index contributed by atoms with van der Waals surface area (Å²) in [5.74, 6) is 7.47. The van der Waals surface area contributed by atoms with Crippen LogP contribution in [0.2, 0.25) is 0 Å². The monoisotopic (exact) mass is 275 g/mol. The molecule has 0 saturated carbocycles. The van der Waals surface area contributed by atoms with Gasteiger partial charge in [-0.1, -0.05) is 12.1 Å². The van der Waals surface area contributed by atoms with Crippen molar-refractivity contribution in [1.82, 2.24) is 20.2 Å². The molecule has 0 radical (unpaired) electrons. The van der Waals surface area contributed by atoms with E-state index >= 15 is 0 Å². The lowest BCUT2D eigenvalue weighted by molar-refractivity contribution is 0.409. The van der Waals surface area contributed by atoms with Crippen molar-refractivity contribution in [2.45, 2.75) is 32.9 Å². The van der Waals surface area contributed by atoms with Gasteiger partial charge in [0.15, 0.2) is 0 Å². The summed E-state index contributed by atoms with van der Waals surface area (Å²) < 4.78 is 7.23. The molecule has 1 aromatic heterocycles. The van der Waals surface area contributed by atoms with Crippen molar-refractivity contribution in [3.63, 3.8) is 0 Å². The quantitative estimate of drug-likeness (QED) is 0.615. The topological polar surface area (TPSA) is 78.0 Å². The Bertz CT molecular complexity index is 566. The number of rotatable bonds is 6. The molecule has 20 heavy (non-hydrogen) atoms. The number of hydrogen-bond acceptors (Lipinski definition) is 5. The van der Waals surface area contributed by atoms with Crippen molar-refractivity contribution in [3.8, 4) is 5.75 Å². The van der Waals surface area contributed by atoms with Gasteiger partial charge >= 0.3 is 0 Å². The summed E-state index contributed by atoms with van der Waals surface area (Å²) >= 11 is 0. The molecule has 1 unspecified atom stereocenters. The molecule has 1 atom stereocenters. The molecule has 3 N–H and O–H groups in total. The van der Waals surface area contributed by atoms with Crippen LogP contribution in [0.5, 0.6) is 5.75 Å². The summed E-state index contributed by atoms with van der Waals surface area (Å²) in [6.07, 6.45) is 2.25. The standard InChI is InChI=1S/C14H21N5O/c1-4-19-14(16-9-17-19)8-12(18-15)11-6-5-10(2)13(7-11)20-3/h5-7,9,12,18H,4,8,15H2,1-3H3. The van der Waals surface area contributed by atoms with Gasteiger partial charge in [-0.2, -0.15) is 5.10 Å².